The first-order chi connectivity index (χ1) is 5.43. The van der Waals surface area contributed by atoms with Gasteiger partial charge >= 0.3 is 75.0 Å². The third-order valence-electron chi connectivity index (χ3n) is 1.72. The Morgan fingerprint density at radius 3 is 2.55 bits per heavy atom. The molecule has 0 bridgehead atoms. The molecule has 1 heteroatoms. The SMILES string of the molecule is CC[CH2][Al+][CH2]c1ccccc1. The van der Waals surface area contributed by atoms with Crippen LogP contribution in [0, 0.1) is 0 Å². The zero-order valence-electron chi connectivity index (χ0n) is 7.09. The van der Waals surface area contributed by atoms with Gasteiger partial charge in [0.2, 0.25) is 0 Å². The number of hydrogen-bond donors (Lipinski definition) is 0. The van der Waals surface area contributed by atoms with Crippen molar-refractivity contribution < 1.29 is 0 Å². The predicted octanol–water partition coefficient (Wildman–Crippen LogP) is 2.72. The van der Waals surface area contributed by atoms with Crippen molar-refractivity contribution in [2.24, 2.45) is 0 Å². The number of benzene rings is 1. The third-order valence-corrected chi connectivity index (χ3v) is 3.46. The van der Waals surface area contributed by atoms with Crippen LogP contribution in [0.25, 0.3) is 0 Å². The van der Waals surface area contributed by atoms with Crippen molar-refractivity contribution in [1.29, 1.82) is 0 Å². The summed E-state index contributed by atoms with van der Waals surface area (Å²) in [4.78, 5) is 0. The Hall–Kier alpha value is -0.248. The Kier molecular flexibility index (Phi) is 4.35. The van der Waals surface area contributed by atoms with Gasteiger partial charge in [0.05, 0.1) is 0 Å². The van der Waals surface area contributed by atoms with Gasteiger partial charge in [-0.3, -0.25) is 0 Å². The normalized spacial score (nSPS) is 9.18. The second-order valence-corrected chi connectivity index (χ2v) is 4.33. The molecule has 0 radical (unpaired) electrons. The van der Waals surface area contributed by atoms with E-state index in [9.17, 15) is 0 Å². The summed E-state index contributed by atoms with van der Waals surface area (Å²) in [6.07, 6.45) is 1.35. The summed E-state index contributed by atoms with van der Waals surface area (Å²) in [5.41, 5.74) is 1.51. The van der Waals surface area contributed by atoms with Gasteiger partial charge in [-0.1, -0.05) is 0 Å². The molecule has 0 atom stereocenters. The van der Waals surface area contributed by atoms with Crippen LogP contribution in [0.2, 0.25) is 5.28 Å². The monoisotopic (exact) mass is 161 g/mol. The summed E-state index contributed by atoms with van der Waals surface area (Å²) >= 11 is 0.661. The maximum absolute atomic E-state index is 2.26. The molecule has 0 nitrogen and oxygen atoms in total. The van der Waals surface area contributed by atoms with E-state index in [0.29, 0.717) is 15.2 Å². The Balaban J connectivity index is 2.28. The molecule has 0 heterocycles. The van der Waals surface area contributed by atoms with Crippen molar-refractivity contribution >= 4 is 15.2 Å². The van der Waals surface area contributed by atoms with E-state index < -0.39 is 0 Å². The van der Waals surface area contributed by atoms with E-state index in [-0.39, 0.29) is 0 Å². The number of hydrogen-bond acceptors (Lipinski definition) is 0. The predicted molar refractivity (Wildman–Crippen MR) is 51.0 cm³/mol. The molecule has 0 aliphatic heterocycles. The molecule has 0 unspecified atom stereocenters. The maximum atomic E-state index is 2.26. The van der Waals surface area contributed by atoms with Crippen LogP contribution >= 0.6 is 0 Å². The van der Waals surface area contributed by atoms with E-state index in [2.05, 4.69) is 37.3 Å². The Morgan fingerprint density at radius 1 is 1.18 bits per heavy atom. The quantitative estimate of drug-likeness (QED) is 0.470. The van der Waals surface area contributed by atoms with Crippen LogP contribution in [-0.4, -0.2) is 15.2 Å². The molecule has 0 aliphatic rings. The molecule has 0 saturated heterocycles. The topological polar surface area (TPSA) is 0 Å². The van der Waals surface area contributed by atoms with Crippen LogP contribution in [0.4, 0.5) is 0 Å². The van der Waals surface area contributed by atoms with Gasteiger partial charge in [0, 0.05) is 0 Å². The van der Waals surface area contributed by atoms with E-state index in [1.54, 1.807) is 0 Å². The summed E-state index contributed by atoms with van der Waals surface area (Å²) < 4.78 is 0. The average molecular weight is 161 g/mol. The molecule has 0 spiro atoms. The molecular formula is C10H14Al+. The fourth-order valence-corrected chi connectivity index (χ4v) is 2.30. The van der Waals surface area contributed by atoms with Gasteiger partial charge in [-0.05, 0) is 0 Å². The van der Waals surface area contributed by atoms with Crippen molar-refractivity contribution in [3.05, 3.63) is 35.9 Å². The standard InChI is InChI=1S/C7H7.C3H7.Al/c1-7-5-3-2-4-6-7;1-3-2;/h2-6H,1H2;1,3H2,2H3;/q;;+1. The van der Waals surface area contributed by atoms with Gasteiger partial charge in [-0.2, -0.15) is 0 Å². The first kappa shape index (κ1) is 8.85. The van der Waals surface area contributed by atoms with Gasteiger partial charge in [0.15, 0.2) is 0 Å². The molecule has 56 valence electrons. The molecule has 0 saturated carbocycles. The van der Waals surface area contributed by atoms with Gasteiger partial charge in [0.25, 0.3) is 0 Å². The average Bonchev–Trinajstić information content (AvgIpc) is 2.07. The minimum atomic E-state index is 0.661. The zero-order valence-corrected chi connectivity index (χ0v) is 8.24. The Bertz CT molecular complexity index is 181. The molecule has 0 aromatic heterocycles. The summed E-state index contributed by atoms with van der Waals surface area (Å²) in [6.45, 7) is 2.26. The van der Waals surface area contributed by atoms with Gasteiger partial charge in [-0.25, -0.2) is 0 Å². The Labute approximate surface area is 75.3 Å². The molecule has 0 fully saturated rings. The van der Waals surface area contributed by atoms with E-state index in [1.165, 1.54) is 22.5 Å². The van der Waals surface area contributed by atoms with Crippen LogP contribution in [0.3, 0.4) is 0 Å². The third kappa shape index (κ3) is 3.60. The van der Waals surface area contributed by atoms with Gasteiger partial charge in [0.1, 0.15) is 0 Å². The van der Waals surface area contributed by atoms with Crippen LogP contribution in [0.15, 0.2) is 30.3 Å². The summed E-state index contributed by atoms with van der Waals surface area (Å²) in [7, 11) is 0. The molecular weight excluding hydrogens is 147 g/mol. The van der Waals surface area contributed by atoms with E-state index in [1.807, 2.05) is 0 Å². The van der Waals surface area contributed by atoms with E-state index in [4.69, 9.17) is 0 Å². The molecule has 0 N–H and O–H groups in total. The minimum absolute atomic E-state index is 0.661. The summed E-state index contributed by atoms with van der Waals surface area (Å²) in [5, 5.41) is 2.77. The van der Waals surface area contributed by atoms with Crippen molar-refractivity contribution in [2.75, 3.05) is 0 Å². The van der Waals surface area contributed by atoms with E-state index in [0.717, 1.165) is 0 Å². The van der Waals surface area contributed by atoms with Crippen LogP contribution < -0.4 is 0 Å². The van der Waals surface area contributed by atoms with Crippen LogP contribution in [0.1, 0.15) is 18.9 Å². The molecule has 0 aliphatic carbocycles. The molecule has 1 aromatic carbocycles. The fraction of sp³-hybridized carbons (Fsp3) is 0.400. The summed E-state index contributed by atoms with van der Waals surface area (Å²) in [5.74, 6) is 0. The van der Waals surface area contributed by atoms with E-state index >= 15 is 0 Å². The number of rotatable bonds is 4. The van der Waals surface area contributed by atoms with Crippen molar-refractivity contribution in [1.82, 2.24) is 0 Å². The van der Waals surface area contributed by atoms with Crippen molar-refractivity contribution in [2.45, 2.75) is 23.9 Å². The van der Waals surface area contributed by atoms with Crippen LogP contribution in [-0.2, 0) is 5.28 Å². The van der Waals surface area contributed by atoms with Crippen molar-refractivity contribution in [3.8, 4) is 0 Å². The first-order valence-electron chi connectivity index (χ1n) is 4.29. The molecule has 1 aromatic rings. The fourth-order valence-electron chi connectivity index (χ4n) is 1.09. The van der Waals surface area contributed by atoms with Gasteiger partial charge in [-0.15, -0.1) is 0 Å². The Morgan fingerprint density at radius 2 is 1.91 bits per heavy atom. The second kappa shape index (κ2) is 5.41. The van der Waals surface area contributed by atoms with Crippen LogP contribution in [0.5, 0.6) is 0 Å². The second-order valence-electron chi connectivity index (χ2n) is 2.77. The molecule has 1 rings (SSSR count). The molecule has 11 heavy (non-hydrogen) atoms. The first-order valence-corrected chi connectivity index (χ1v) is 5.92. The summed E-state index contributed by atoms with van der Waals surface area (Å²) in [6, 6.07) is 10.8. The molecule has 0 amide bonds. The zero-order chi connectivity index (χ0) is 7.94. The van der Waals surface area contributed by atoms with Crippen molar-refractivity contribution in [3.63, 3.8) is 0 Å². The van der Waals surface area contributed by atoms with Gasteiger partial charge < -0.3 is 0 Å².